The fourth-order valence-electron chi connectivity index (χ4n) is 4.69. The minimum absolute atomic E-state index is 0.369. The lowest BCUT2D eigenvalue weighted by atomic mass is 10.1. The number of hydrogen-bond donors (Lipinski definition) is 3. The van der Waals surface area contributed by atoms with E-state index in [0.717, 1.165) is 25.7 Å². The highest BCUT2D eigenvalue weighted by atomic mass is 16.6. The van der Waals surface area contributed by atoms with Gasteiger partial charge in [-0.1, -0.05) is 37.5 Å². The predicted octanol–water partition coefficient (Wildman–Crippen LogP) is 1.99. The van der Waals surface area contributed by atoms with E-state index in [1.54, 1.807) is 10.9 Å². The molecule has 2 aromatic heterocycles. The van der Waals surface area contributed by atoms with Crippen LogP contribution in [0.15, 0.2) is 12.7 Å². The Labute approximate surface area is 169 Å². The summed E-state index contributed by atoms with van der Waals surface area (Å²) in [6.07, 6.45) is 8.73. The molecule has 0 spiro atoms. The van der Waals surface area contributed by atoms with E-state index in [2.05, 4.69) is 32.1 Å². The van der Waals surface area contributed by atoms with Crippen LogP contribution in [-0.2, 0) is 4.74 Å². The SMILES string of the molecule is O[C@@H]1[C@H](O)[C@@H](C#CC2CCCC2)O[C@H]1n1cnc2c(NC3CCCC3)ncnc21. The molecule has 4 atom stereocenters. The first-order chi connectivity index (χ1) is 14.2. The molecule has 3 heterocycles. The van der Waals surface area contributed by atoms with Gasteiger partial charge in [0.25, 0.3) is 0 Å². The molecule has 1 saturated heterocycles. The fourth-order valence-corrected chi connectivity index (χ4v) is 4.69. The highest BCUT2D eigenvalue weighted by Gasteiger charge is 2.43. The number of fused-ring (bicyclic) bond motifs is 1. The molecule has 154 valence electrons. The summed E-state index contributed by atoms with van der Waals surface area (Å²) in [5.74, 6) is 7.33. The lowest BCUT2D eigenvalue weighted by molar-refractivity contribution is -0.0230. The van der Waals surface area contributed by atoms with Crippen molar-refractivity contribution in [3.05, 3.63) is 12.7 Å². The van der Waals surface area contributed by atoms with Crippen LogP contribution in [0.1, 0.15) is 57.6 Å². The van der Waals surface area contributed by atoms with Gasteiger partial charge in [-0.25, -0.2) is 15.0 Å². The van der Waals surface area contributed by atoms with Gasteiger partial charge in [-0.15, -0.1) is 0 Å². The zero-order valence-electron chi connectivity index (χ0n) is 16.4. The summed E-state index contributed by atoms with van der Waals surface area (Å²) in [7, 11) is 0. The second-order valence-electron chi connectivity index (χ2n) is 8.37. The molecular formula is C21H27N5O3. The Morgan fingerprint density at radius 3 is 2.52 bits per heavy atom. The summed E-state index contributed by atoms with van der Waals surface area (Å²) in [6, 6.07) is 0.406. The van der Waals surface area contributed by atoms with Crippen LogP contribution < -0.4 is 5.32 Å². The zero-order valence-corrected chi connectivity index (χ0v) is 16.4. The Morgan fingerprint density at radius 1 is 0.966 bits per heavy atom. The van der Waals surface area contributed by atoms with Crippen molar-refractivity contribution in [3.63, 3.8) is 0 Å². The first kappa shape index (κ1) is 18.8. The molecule has 0 unspecified atom stereocenters. The monoisotopic (exact) mass is 397 g/mol. The van der Waals surface area contributed by atoms with Crippen LogP contribution in [0.5, 0.6) is 0 Å². The number of ether oxygens (including phenoxy) is 1. The average molecular weight is 397 g/mol. The molecule has 0 bridgehead atoms. The van der Waals surface area contributed by atoms with E-state index >= 15 is 0 Å². The Bertz CT molecular complexity index is 923. The zero-order chi connectivity index (χ0) is 19.8. The molecular weight excluding hydrogens is 370 g/mol. The highest BCUT2D eigenvalue weighted by molar-refractivity contribution is 5.82. The van der Waals surface area contributed by atoms with Crippen LogP contribution in [0, 0.1) is 17.8 Å². The summed E-state index contributed by atoms with van der Waals surface area (Å²) >= 11 is 0. The predicted molar refractivity (Wildman–Crippen MR) is 107 cm³/mol. The van der Waals surface area contributed by atoms with Crippen molar-refractivity contribution < 1.29 is 14.9 Å². The molecule has 3 fully saturated rings. The van der Waals surface area contributed by atoms with E-state index in [4.69, 9.17) is 4.74 Å². The summed E-state index contributed by atoms with van der Waals surface area (Å²) in [6.45, 7) is 0. The number of imidazole rings is 1. The van der Waals surface area contributed by atoms with Crippen LogP contribution in [-0.4, -0.2) is 54.1 Å². The fraction of sp³-hybridized carbons (Fsp3) is 0.667. The van der Waals surface area contributed by atoms with Gasteiger partial charge in [0.05, 0.1) is 6.33 Å². The quantitative estimate of drug-likeness (QED) is 0.680. The minimum atomic E-state index is -1.10. The van der Waals surface area contributed by atoms with Crippen molar-refractivity contribution in [1.82, 2.24) is 19.5 Å². The third kappa shape index (κ3) is 3.59. The number of hydrogen-bond acceptors (Lipinski definition) is 7. The van der Waals surface area contributed by atoms with E-state index in [-0.39, 0.29) is 0 Å². The van der Waals surface area contributed by atoms with Gasteiger partial charge in [-0.2, -0.15) is 0 Å². The Morgan fingerprint density at radius 2 is 1.72 bits per heavy atom. The molecule has 0 aromatic carbocycles. The van der Waals surface area contributed by atoms with Gasteiger partial charge in [0.2, 0.25) is 0 Å². The number of nitrogens with one attached hydrogen (secondary N) is 1. The maximum absolute atomic E-state index is 10.6. The lowest BCUT2D eigenvalue weighted by Gasteiger charge is -2.16. The maximum Gasteiger partial charge on any atom is 0.167 e. The van der Waals surface area contributed by atoms with Crippen LogP contribution in [0.25, 0.3) is 11.2 Å². The van der Waals surface area contributed by atoms with Gasteiger partial charge in [0.1, 0.15) is 24.6 Å². The van der Waals surface area contributed by atoms with Crippen molar-refractivity contribution in [1.29, 1.82) is 0 Å². The van der Waals surface area contributed by atoms with E-state index in [1.165, 1.54) is 32.0 Å². The van der Waals surface area contributed by atoms with Gasteiger partial charge in [-0.3, -0.25) is 4.57 Å². The van der Waals surface area contributed by atoms with Crippen molar-refractivity contribution in [3.8, 4) is 11.8 Å². The third-order valence-corrected chi connectivity index (χ3v) is 6.35. The van der Waals surface area contributed by atoms with Crippen LogP contribution in [0.2, 0.25) is 0 Å². The Balaban J connectivity index is 1.38. The third-order valence-electron chi connectivity index (χ3n) is 6.35. The van der Waals surface area contributed by atoms with Gasteiger partial charge in [0.15, 0.2) is 23.2 Å². The van der Waals surface area contributed by atoms with Crippen molar-refractivity contribution in [2.24, 2.45) is 5.92 Å². The topological polar surface area (TPSA) is 105 Å². The second-order valence-corrected chi connectivity index (χ2v) is 8.37. The summed E-state index contributed by atoms with van der Waals surface area (Å²) in [4.78, 5) is 13.2. The summed E-state index contributed by atoms with van der Waals surface area (Å²) < 4.78 is 7.61. The number of anilines is 1. The molecule has 29 heavy (non-hydrogen) atoms. The molecule has 2 saturated carbocycles. The van der Waals surface area contributed by atoms with Crippen molar-refractivity contribution in [2.75, 3.05) is 5.32 Å². The smallest absolute Gasteiger partial charge is 0.167 e. The minimum Gasteiger partial charge on any atom is -0.386 e. The van der Waals surface area contributed by atoms with Crippen LogP contribution in [0.3, 0.4) is 0 Å². The number of aliphatic hydroxyl groups excluding tert-OH is 2. The first-order valence-corrected chi connectivity index (χ1v) is 10.7. The Kier molecular flexibility index (Phi) is 5.12. The van der Waals surface area contributed by atoms with E-state index in [0.29, 0.717) is 28.9 Å². The van der Waals surface area contributed by atoms with Gasteiger partial charge in [0, 0.05) is 12.0 Å². The Hall–Kier alpha value is -2.21. The molecule has 2 aliphatic carbocycles. The van der Waals surface area contributed by atoms with Gasteiger partial charge in [-0.05, 0) is 25.7 Å². The number of rotatable bonds is 3. The number of nitrogens with zero attached hydrogens (tertiary/aromatic N) is 4. The molecule has 0 radical (unpaired) electrons. The normalized spacial score (nSPS) is 30.7. The van der Waals surface area contributed by atoms with Gasteiger partial charge >= 0.3 is 0 Å². The van der Waals surface area contributed by atoms with Crippen molar-refractivity contribution >= 4 is 17.0 Å². The van der Waals surface area contributed by atoms with E-state index < -0.39 is 24.5 Å². The molecule has 3 N–H and O–H groups in total. The van der Waals surface area contributed by atoms with Crippen LogP contribution >= 0.6 is 0 Å². The molecule has 8 nitrogen and oxygen atoms in total. The summed E-state index contributed by atoms with van der Waals surface area (Å²) in [5, 5.41) is 24.5. The first-order valence-electron chi connectivity index (χ1n) is 10.7. The van der Waals surface area contributed by atoms with Crippen molar-refractivity contribution in [2.45, 2.75) is 81.9 Å². The molecule has 2 aromatic rings. The average Bonchev–Trinajstić information content (AvgIpc) is 3.51. The van der Waals surface area contributed by atoms with E-state index in [1.807, 2.05) is 0 Å². The maximum atomic E-state index is 10.6. The number of aliphatic hydroxyl groups is 2. The standard InChI is InChI=1S/C21H27N5O3/c27-17-15(10-9-13-5-1-2-6-13)29-21(18(17)28)26-12-24-16-19(22-11-23-20(16)26)25-14-7-3-4-8-14/h11-15,17-18,21,27-28H,1-8H2,(H,22,23,25)/t15-,17-,18-,21-/m1/s1. The largest absolute Gasteiger partial charge is 0.386 e. The number of aromatic nitrogens is 4. The van der Waals surface area contributed by atoms with E-state index in [9.17, 15) is 10.2 Å². The second kappa shape index (κ2) is 7.90. The molecule has 3 aliphatic rings. The van der Waals surface area contributed by atoms with Crippen LogP contribution in [0.4, 0.5) is 5.82 Å². The molecule has 1 aliphatic heterocycles. The molecule has 5 rings (SSSR count). The van der Waals surface area contributed by atoms with Gasteiger partial charge < -0.3 is 20.3 Å². The summed E-state index contributed by atoms with van der Waals surface area (Å²) in [5.41, 5.74) is 1.21. The lowest BCUT2D eigenvalue weighted by Crippen LogP contribution is -2.31. The highest BCUT2D eigenvalue weighted by Crippen LogP contribution is 2.33. The molecule has 8 heteroatoms. The molecule has 0 amide bonds.